The van der Waals surface area contributed by atoms with Crippen molar-refractivity contribution in [2.45, 2.75) is 5.88 Å². The molecule has 15 heavy (non-hydrogen) atoms. The number of benzene rings is 1. The lowest BCUT2D eigenvalue weighted by atomic mass is 10.1. The van der Waals surface area contributed by atoms with Crippen LogP contribution in [0.4, 0.5) is 0 Å². The molecule has 0 atom stereocenters. The summed E-state index contributed by atoms with van der Waals surface area (Å²) in [6.45, 7) is 0. The van der Waals surface area contributed by atoms with Gasteiger partial charge >= 0.3 is 0 Å². The Bertz CT molecular complexity index is 484. The second kappa shape index (κ2) is 4.56. The zero-order valence-electron chi connectivity index (χ0n) is 7.51. The molecule has 0 saturated heterocycles. The Hall–Kier alpha value is -0.510. The van der Waals surface area contributed by atoms with Crippen LogP contribution in [0.25, 0.3) is 11.3 Å². The highest BCUT2D eigenvalue weighted by molar-refractivity contribution is 9.10. The first-order valence-corrected chi connectivity index (χ1v) is 5.89. The van der Waals surface area contributed by atoms with Gasteiger partial charge in [0.2, 0.25) is 5.22 Å². The Morgan fingerprint density at radius 3 is 2.87 bits per heavy atom. The summed E-state index contributed by atoms with van der Waals surface area (Å²) in [4.78, 5) is 0. The quantitative estimate of drug-likeness (QED) is 0.764. The van der Waals surface area contributed by atoms with E-state index in [2.05, 4.69) is 21.1 Å². The third-order valence-electron chi connectivity index (χ3n) is 1.97. The molecule has 0 aliphatic rings. The molecule has 0 N–H and O–H groups in total. The van der Waals surface area contributed by atoms with Crippen LogP contribution in [0, 0.1) is 0 Å². The van der Waals surface area contributed by atoms with Gasteiger partial charge in [0, 0.05) is 10.0 Å². The molecule has 0 amide bonds. The van der Waals surface area contributed by atoms with Crippen LogP contribution in [0.2, 0.25) is 5.22 Å². The van der Waals surface area contributed by atoms with Crippen molar-refractivity contribution in [2.24, 2.45) is 0 Å². The molecular formula is C10H6BrCl2NO. The summed E-state index contributed by atoms with van der Waals surface area (Å²) in [5, 5.41) is 4.14. The maximum atomic E-state index is 5.81. The maximum absolute atomic E-state index is 5.81. The molecule has 0 unspecified atom stereocenters. The number of hydrogen-bond donors (Lipinski definition) is 0. The second-order valence-electron chi connectivity index (χ2n) is 2.93. The number of alkyl halides is 1. The maximum Gasteiger partial charge on any atom is 0.231 e. The number of halogens is 3. The molecule has 0 fully saturated rings. The normalized spacial score (nSPS) is 10.6. The number of nitrogens with zero attached hydrogens (tertiary/aromatic N) is 1. The summed E-state index contributed by atoms with van der Waals surface area (Å²) in [5.74, 6) is 0.282. The van der Waals surface area contributed by atoms with E-state index in [0.29, 0.717) is 5.69 Å². The van der Waals surface area contributed by atoms with Gasteiger partial charge in [0.05, 0.1) is 11.4 Å². The minimum absolute atomic E-state index is 0.250. The van der Waals surface area contributed by atoms with Gasteiger partial charge in [0.25, 0.3) is 0 Å². The Morgan fingerprint density at radius 2 is 2.20 bits per heavy atom. The monoisotopic (exact) mass is 305 g/mol. The molecule has 2 nitrogen and oxygen atoms in total. The van der Waals surface area contributed by atoms with Gasteiger partial charge in [-0.25, -0.2) is 0 Å². The van der Waals surface area contributed by atoms with Gasteiger partial charge in [-0.3, -0.25) is 0 Å². The van der Waals surface area contributed by atoms with E-state index < -0.39 is 0 Å². The van der Waals surface area contributed by atoms with Crippen LogP contribution >= 0.6 is 39.1 Å². The molecule has 0 aliphatic carbocycles. The fraction of sp³-hybridized carbons (Fsp3) is 0.100. The average molecular weight is 307 g/mol. The summed E-state index contributed by atoms with van der Waals surface area (Å²) in [6, 6.07) is 7.71. The van der Waals surface area contributed by atoms with Crippen LogP contribution in [0.3, 0.4) is 0 Å². The zero-order chi connectivity index (χ0) is 10.8. The van der Waals surface area contributed by atoms with Crippen LogP contribution in [-0.2, 0) is 5.88 Å². The largest absolute Gasteiger partial charge is 0.343 e. The fourth-order valence-electron chi connectivity index (χ4n) is 1.27. The molecule has 2 aromatic rings. The lowest BCUT2D eigenvalue weighted by molar-refractivity contribution is 0.423. The van der Waals surface area contributed by atoms with Gasteiger partial charge in [-0.2, -0.15) is 0 Å². The van der Waals surface area contributed by atoms with E-state index in [0.717, 1.165) is 15.6 Å². The smallest absolute Gasteiger partial charge is 0.231 e. The van der Waals surface area contributed by atoms with Crippen molar-refractivity contribution in [1.82, 2.24) is 5.16 Å². The first-order chi connectivity index (χ1) is 7.22. The van der Waals surface area contributed by atoms with E-state index in [4.69, 9.17) is 27.7 Å². The molecule has 0 bridgehead atoms. The first-order valence-electron chi connectivity index (χ1n) is 4.18. The lowest BCUT2D eigenvalue weighted by Crippen LogP contribution is -1.83. The predicted octanol–water partition coefficient (Wildman–Crippen LogP) is 4.50. The summed E-state index contributed by atoms with van der Waals surface area (Å²) in [5.41, 5.74) is 2.34. The fourth-order valence-corrected chi connectivity index (χ4v) is 2.17. The third kappa shape index (κ3) is 2.19. The van der Waals surface area contributed by atoms with Gasteiger partial charge < -0.3 is 4.52 Å². The Kier molecular flexibility index (Phi) is 3.34. The van der Waals surface area contributed by atoms with Crippen LogP contribution in [0.15, 0.2) is 33.3 Å². The van der Waals surface area contributed by atoms with E-state index in [-0.39, 0.29) is 11.1 Å². The Balaban J connectivity index is 2.54. The summed E-state index contributed by atoms with van der Waals surface area (Å²) in [6.07, 6.45) is 0. The van der Waals surface area contributed by atoms with Crippen molar-refractivity contribution in [1.29, 1.82) is 0 Å². The molecule has 1 aromatic heterocycles. The highest BCUT2D eigenvalue weighted by Crippen LogP contribution is 2.30. The minimum Gasteiger partial charge on any atom is -0.343 e. The zero-order valence-corrected chi connectivity index (χ0v) is 10.6. The summed E-state index contributed by atoms with van der Waals surface area (Å²) < 4.78 is 5.87. The Labute approximate surface area is 105 Å². The van der Waals surface area contributed by atoms with Crippen molar-refractivity contribution < 1.29 is 4.52 Å². The molecule has 1 aromatic carbocycles. The van der Waals surface area contributed by atoms with Crippen molar-refractivity contribution in [3.8, 4) is 11.3 Å². The molecule has 0 spiro atoms. The van der Waals surface area contributed by atoms with Crippen molar-refractivity contribution in [3.63, 3.8) is 0 Å². The predicted molar refractivity (Wildman–Crippen MR) is 64.2 cm³/mol. The standard InChI is InChI=1S/C10H6BrCl2NO/c11-7-3-1-2-6(4-7)9-8(5-12)10(13)15-14-9/h1-4H,5H2. The molecular weight excluding hydrogens is 301 g/mol. The van der Waals surface area contributed by atoms with Gasteiger partial charge in [-0.15, -0.1) is 11.6 Å². The number of hydrogen-bond acceptors (Lipinski definition) is 2. The van der Waals surface area contributed by atoms with Gasteiger partial charge in [0.15, 0.2) is 0 Å². The number of rotatable bonds is 2. The highest BCUT2D eigenvalue weighted by atomic mass is 79.9. The van der Waals surface area contributed by atoms with Crippen molar-refractivity contribution >= 4 is 39.1 Å². The lowest BCUT2D eigenvalue weighted by Gasteiger charge is -1.98. The third-order valence-corrected chi connectivity index (χ3v) is 3.03. The van der Waals surface area contributed by atoms with Gasteiger partial charge in [-0.05, 0) is 23.7 Å². The summed E-state index contributed by atoms with van der Waals surface area (Å²) >= 11 is 15.0. The second-order valence-corrected chi connectivity index (χ2v) is 4.45. The Morgan fingerprint density at radius 1 is 1.40 bits per heavy atom. The SMILES string of the molecule is ClCc1c(-c2cccc(Br)c2)noc1Cl. The van der Waals surface area contributed by atoms with Crippen LogP contribution in [-0.4, -0.2) is 5.16 Å². The van der Waals surface area contributed by atoms with Crippen LogP contribution in [0.5, 0.6) is 0 Å². The number of aromatic nitrogens is 1. The van der Waals surface area contributed by atoms with Gasteiger partial charge in [-0.1, -0.05) is 33.2 Å². The van der Waals surface area contributed by atoms with Crippen molar-refractivity contribution in [2.75, 3.05) is 0 Å². The van der Waals surface area contributed by atoms with E-state index >= 15 is 0 Å². The van der Waals surface area contributed by atoms with Crippen LogP contribution in [0.1, 0.15) is 5.56 Å². The molecule has 78 valence electrons. The molecule has 0 radical (unpaired) electrons. The highest BCUT2D eigenvalue weighted by Gasteiger charge is 2.14. The minimum atomic E-state index is 0.250. The topological polar surface area (TPSA) is 26.0 Å². The molecule has 1 heterocycles. The molecule has 0 saturated carbocycles. The average Bonchev–Trinajstić information content (AvgIpc) is 2.59. The summed E-state index contributed by atoms with van der Waals surface area (Å²) in [7, 11) is 0. The van der Waals surface area contributed by atoms with Crippen molar-refractivity contribution in [3.05, 3.63) is 39.5 Å². The van der Waals surface area contributed by atoms with E-state index in [1.165, 1.54) is 0 Å². The van der Waals surface area contributed by atoms with E-state index in [9.17, 15) is 0 Å². The first kappa shape index (κ1) is 11.0. The van der Waals surface area contributed by atoms with E-state index in [1.54, 1.807) is 0 Å². The molecule has 2 rings (SSSR count). The molecule has 5 heteroatoms. The molecule has 0 aliphatic heterocycles. The van der Waals surface area contributed by atoms with Crippen LogP contribution < -0.4 is 0 Å². The van der Waals surface area contributed by atoms with E-state index in [1.807, 2.05) is 24.3 Å². The van der Waals surface area contributed by atoms with Gasteiger partial charge in [0.1, 0.15) is 5.69 Å².